The lowest BCUT2D eigenvalue weighted by Gasteiger charge is -2.25. The minimum atomic E-state index is -0.145. The molecule has 29 heavy (non-hydrogen) atoms. The third kappa shape index (κ3) is 5.02. The molecule has 2 aromatic carbocycles. The molecule has 2 heterocycles. The van der Waals surface area contributed by atoms with Gasteiger partial charge in [0.1, 0.15) is 5.75 Å². The van der Waals surface area contributed by atoms with Crippen molar-refractivity contribution in [2.24, 2.45) is 0 Å². The summed E-state index contributed by atoms with van der Waals surface area (Å²) in [4.78, 5) is 20.9. The Morgan fingerprint density at radius 1 is 1.17 bits per heavy atom. The summed E-state index contributed by atoms with van der Waals surface area (Å²) in [7, 11) is 0. The van der Waals surface area contributed by atoms with Crippen molar-refractivity contribution in [1.29, 1.82) is 0 Å². The number of nitrogens with one attached hydrogen (secondary N) is 1. The second-order valence-corrected chi connectivity index (χ2v) is 8.56. The average Bonchev–Trinajstić information content (AvgIpc) is 3.10. The molecule has 0 radical (unpaired) electrons. The lowest BCUT2D eigenvalue weighted by atomic mass is 10.1. The summed E-state index contributed by atoms with van der Waals surface area (Å²) in [6.07, 6.45) is 1.02. The van der Waals surface area contributed by atoms with Crippen LogP contribution in [0.2, 0.25) is 0 Å². The molecule has 0 bridgehead atoms. The third-order valence-electron chi connectivity index (χ3n) is 4.77. The number of rotatable bonds is 6. The number of benzene rings is 2. The van der Waals surface area contributed by atoms with Crippen LogP contribution in [-0.4, -0.2) is 28.4 Å². The molecule has 5 nitrogen and oxygen atoms in total. The maximum Gasteiger partial charge on any atom is 0.257 e. The van der Waals surface area contributed by atoms with Crippen molar-refractivity contribution in [3.8, 4) is 5.75 Å². The van der Waals surface area contributed by atoms with E-state index in [0.717, 1.165) is 37.5 Å². The van der Waals surface area contributed by atoms with E-state index in [9.17, 15) is 4.79 Å². The molecule has 3 aromatic rings. The molecule has 0 atom stereocenters. The van der Waals surface area contributed by atoms with E-state index in [0.29, 0.717) is 10.7 Å². The SMILES string of the molecule is CC(C)Oc1ccc(C(=O)Nc2nc3c(s2)CN(Cc2ccccc2)CC3)cc1. The Balaban J connectivity index is 1.38. The highest BCUT2D eigenvalue weighted by molar-refractivity contribution is 7.15. The molecule has 1 amide bonds. The molecular weight excluding hydrogens is 382 g/mol. The Morgan fingerprint density at radius 3 is 2.66 bits per heavy atom. The van der Waals surface area contributed by atoms with E-state index in [1.165, 1.54) is 10.4 Å². The van der Waals surface area contributed by atoms with Crippen LogP contribution in [0.25, 0.3) is 0 Å². The van der Waals surface area contributed by atoms with Crippen molar-refractivity contribution in [2.75, 3.05) is 11.9 Å². The Morgan fingerprint density at radius 2 is 1.93 bits per heavy atom. The third-order valence-corrected chi connectivity index (χ3v) is 5.77. The molecule has 4 rings (SSSR count). The van der Waals surface area contributed by atoms with Crippen LogP contribution in [-0.2, 0) is 19.5 Å². The van der Waals surface area contributed by atoms with Gasteiger partial charge in [-0.3, -0.25) is 15.0 Å². The van der Waals surface area contributed by atoms with Crippen LogP contribution < -0.4 is 10.1 Å². The van der Waals surface area contributed by atoms with Gasteiger partial charge >= 0.3 is 0 Å². The Bertz CT molecular complexity index is 968. The first-order valence-corrected chi connectivity index (χ1v) is 10.7. The number of fused-ring (bicyclic) bond motifs is 1. The Hall–Kier alpha value is -2.70. The van der Waals surface area contributed by atoms with Crippen molar-refractivity contribution in [1.82, 2.24) is 9.88 Å². The first kappa shape index (κ1) is 19.6. The zero-order chi connectivity index (χ0) is 20.2. The lowest BCUT2D eigenvalue weighted by Crippen LogP contribution is -2.29. The van der Waals surface area contributed by atoms with Gasteiger partial charge in [0.15, 0.2) is 5.13 Å². The highest BCUT2D eigenvalue weighted by atomic mass is 32.1. The highest BCUT2D eigenvalue weighted by Crippen LogP contribution is 2.29. The van der Waals surface area contributed by atoms with Crippen LogP contribution in [0.1, 0.15) is 40.3 Å². The number of ether oxygens (including phenoxy) is 1. The minimum absolute atomic E-state index is 0.109. The zero-order valence-electron chi connectivity index (χ0n) is 16.7. The van der Waals surface area contributed by atoms with Gasteiger partial charge in [-0.1, -0.05) is 30.3 Å². The summed E-state index contributed by atoms with van der Waals surface area (Å²) in [5, 5.41) is 3.62. The van der Waals surface area contributed by atoms with Crippen LogP contribution in [0.15, 0.2) is 54.6 Å². The number of thiazole rings is 1. The fraction of sp³-hybridized carbons (Fsp3) is 0.304. The molecule has 1 aromatic heterocycles. The van der Waals surface area contributed by atoms with Gasteiger partial charge in [0.25, 0.3) is 5.91 Å². The fourth-order valence-corrected chi connectivity index (χ4v) is 4.45. The standard InChI is InChI=1S/C23H25N3O2S/c1-16(2)28-19-10-8-18(9-11-19)22(27)25-23-24-20-12-13-26(15-21(20)29-23)14-17-6-4-3-5-7-17/h3-11,16H,12-15H2,1-2H3,(H,24,25,27). The Kier molecular flexibility index (Phi) is 5.92. The second-order valence-electron chi connectivity index (χ2n) is 7.48. The minimum Gasteiger partial charge on any atom is -0.491 e. The van der Waals surface area contributed by atoms with Crippen molar-refractivity contribution in [3.63, 3.8) is 0 Å². The molecule has 0 saturated carbocycles. The summed E-state index contributed by atoms with van der Waals surface area (Å²) >= 11 is 1.57. The molecule has 0 unspecified atom stereocenters. The van der Waals surface area contributed by atoms with E-state index >= 15 is 0 Å². The monoisotopic (exact) mass is 407 g/mol. The number of anilines is 1. The van der Waals surface area contributed by atoms with Crippen LogP contribution in [0, 0.1) is 0 Å². The van der Waals surface area contributed by atoms with E-state index in [2.05, 4.69) is 39.5 Å². The smallest absolute Gasteiger partial charge is 0.257 e. The van der Waals surface area contributed by atoms with E-state index in [-0.39, 0.29) is 12.0 Å². The molecule has 150 valence electrons. The largest absolute Gasteiger partial charge is 0.491 e. The van der Waals surface area contributed by atoms with Crippen LogP contribution >= 0.6 is 11.3 Å². The first-order valence-electron chi connectivity index (χ1n) is 9.90. The number of amides is 1. The number of hydrogen-bond acceptors (Lipinski definition) is 5. The number of hydrogen-bond donors (Lipinski definition) is 1. The molecule has 0 spiro atoms. The quantitative estimate of drug-likeness (QED) is 0.641. The van der Waals surface area contributed by atoms with Crippen LogP contribution in [0.4, 0.5) is 5.13 Å². The van der Waals surface area contributed by atoms with Gasteiger partial charge < -0.3 is 4.74 Å². The molecular formula is C23H25N3O2S. The summed E-state index contributed by atoms with van der Waals surface area (Å²) in [6, 6.07) is 17.7. The summed E-state index contributed by atoms with van der Waals surface area (Å²) in [5.41, 5.74) is 3.02. The molecule has 1 aliphatic rings. The topological polar surface area (TPSA) is 54.5 Å². The van der Waals surface area contributed by atoms with Crippen LogP contribution in [0.5, 0.6) is 5.75 Å². The van der Waals surface area contributed by atoms with Crippen molar-refractivity contribution >= 4 is 22.4 Å². The number of carbonyl (C=O) groups excluding carboxylic acids is 1. The molecule has 1 aliphatic heterocycles. The molecule has 6 heteroatoms. The van der Waals surface area contributed by atoms with Gasteiger partial charge in [0.05, 0.1) is 11.8 Å². The maximum absolute atomic E-state index is 12.6. The lowest BCUT2D eigenvalue weighted by molar-refractivity contribution is 0.102. The van der Waals surface area contributed by atoms with E-state index in [4.69, 9.17) is 4.74 Å². The number of carbonyl (C=O) groups is 1. The van der Waals surface area contributed by atoms with E-state index in [1.807, 2.05) is 32.0 Å². The normalized spacial score (nSPS) is 13.9. The molecule has 0 fully saturated rings. The second kappa shape index (κ2) is 8.76. The highest BCUT2D eigenvalue weighted by Gasteiger charge is 2.21. The summed E-state index contributed by atoms with van der Waals surface area (Å²) < 4.78 is 5.63. The summed E-state index contributed by atoms with van der Waals surface area (Å²) in [5.74, 6) is 0.619. The van der Waals surface area contributed by atoms with Crippen molar-refractivity contribution in [3.05, 3.63) is 76.3 Å². The predicted octanol–water partition coefficient (Wildman–Crippen LogP) is 4.74. The van der Waals surface area contributed by atoms with Gasteiger partial charge in [0, 0.05) is 36.5 Å². The average molecular weight is 408 g/mol. The van der Waals surface area contributed by atoms with Gasteiger partial charge in [-0.05, 0) is 43.7 Å². The molecule has 0 aliphatic carbocycles. The summed E-state index contributed by atoms with van der Waals surface area (Å²) in [6.45, 7) is 6.75. The predicted molar refractivity (Wildman–Crippen MR) is 117 cm³/mol. The van der Waals surface area contributed by atoms with Gasteiger partial charge in [-0.2, -0.15) is 0 Å². The molecule has 0 saturated heterocycles. The van der Waals surface area contributed by atoms with Gasteiger partial charge in [0.2, 0.25) is 0 Å². The van der Waals surface area contributed by atoms with Crippen molar-refractivity contribution < 1.29 is 9.53 Å². The number of nitrogens with zero attached hydrogens (tertiary/aromatic N) is 2. The van der Waals surface area contributed by atoms with E-state index in [1.54, 1.807) is 23.5 Å². The van der Waals surface area contributed by atoms with Crippen LogP contribution in [0.3, 0.4) is 0 Å². The Labute approximate surface area is 175 Å². The fourth-order valence-electron chi connectivity index (χ4n) is 3.40. The first-order chi connectivity index (χ1) is 14.1. The van der Waals surface area contributed by atoms with Gasteiger partial charge in [-0.15, -0.1) is 11.3 Å². The van der Waals surface area contributed by atoms with Gasteiger partial charge in [-0.25, -0.2) is 4.98 Å². The maximum atomic E-state index is 12.6. The van der Waals surface area contributed by atoms with Crippen molar-refractivity contribution in [2.45, 2.75) is 39.5 Å². The van der Waals surface area contributed by atoms with E-state index < -0.39 is 0 Å². The molecule has 1 N–H and O–H groups in total. The number of aromatic nitrogens is 1. The zero-order valence-corrected chi connectivity index (χ0v) is 17.5.